The summed E-state index contributed by atoms with van der Waals surface area (Å²) in [6.07, 6.45) is 4.26. The molecule has 0 aliphatic rings. The van der Waals surface area contributed by atoms with E-state index in [0.29, 0.717) is 10.6 Å². The van der Waals surface area contributed by atoms with Gasteiger partial charge < -0.3 is 0 Å². The van der Waals surface area contributed by atoms with E-state index in [2.05, 4.69) is 0 Å². The van der Waals surface area contributed by atoms with E-state index in [1.807, 2.05) is 0 Å². The van der Waals surface area contributed by atoms with Gasteiger partial charge >= 0.3 is 0 Å². The SMILES string of the molecule is CS(=O)(=O)c1ccc(C(=O)/C=C/c2ccc(Cl)cc2)cc1.Cl. The van der Waals surface area contributed by atoms with Gasteiger partial charge in [-0.1, -0.05) is 29.8 Å². The predicted molar refractivity (Wildman–Crippen MR) is 91.6 cm³/mol. The standard InChI is InChI=1S/C16H13ClO3S.ClH/c1-21(19,20)15-9-5-13(6-10-15)16(18)11-4-12-2-7-14(17)8-3-12;/h2-11H,1H3;1H/b11-4+;. The maximum atomic E-state index is 12.0. The maximum absolute atomic E-state index is 12.0. The van der Waals surface area contributed by atoms with E-state index >= 15 is 0 Å². The third-order valence-corrected chi connectivity index (χ3v) is 4.24. The second kappa shape index (κ2) is 7.58. The molecule has 3 nitrogen and oxygen atoms in total. The molecular weight excluding hydrogens is 343 g/mol. The highest BCUT2D eigenvalue weighted by molar-refractivity contribution is 7.90. The Balaban J connectivity index is 0.00000242. The number of halogens is 2. The van der Waals surface area contributed by atoms with Crippen molar-refractivity contribution in [2.45, 2.75) is 4.90 Å². The van der Waals surface area contributed by atoms with Crippen LogP contribution in [0.4, 0.5) is 0 Å². The molecule has 0 saturated carbocycles. The molecule has 0 aliphatic heterocycles. The van der Waals surface area contributed by atoms with Crippen molar-refractivity contribution in [3.63, 3.8) is 0 Å². The van der Waals surface area contributed by atoms with Crippen molar-refractivity contribution >= 4 is 45.7 Å². The van der Waals surface area contributed by atoms with E-state index in [1.54, 1.807) is 30.3 Å². The van der Waals surface area contributed by atoms with Gasteiger partial charge in [0.15, 0.2) is 15.6 Å². The van der Waals surface area contributed by atoms with E-state index in [1.165, 1.54) is 30.3 Å². The molecule has 0 spiro atoms. The second-order valence-corrected chi connectivity index (χ2v) is 7.00. The van der Waals surface area contributed by atoms with E-state index < -0.39 is 9.84 Å². The molecule has 22 heavy (non-hydrogen) atoms. The van der Waals surface area contributed by atoms with Crippen molar-refractivity contribution in [3.05, 3.63) is 70.8 Å². The fraction of sp³-hybridized carbons (Fsp3) is 0.0625. The molecule has 2 aromatic carbocycles. The number of allylic oxidation sites excluding steroid dienone is 1. The van der Waals surface area contributed by atoms with Gasteiger partial charge in [-0.15, -0.1) is 12.4 Å². The Labute approximate surface area is 141 Å². The molecule has 6 heteroatoms. The third-order valence-electron chi connectivity index (χ3n) is 2.86. The lowest BCUT2D eigenvalue weighted by atomic mass is 10.1. The van der Waals surface area contributed by atoms with Crippen LogP contribution >= 0.6 is 24.0 Å². The minimum atomic E-state index is -3.25. The molecule has 116 valence electrons. The fourth-order valence-corrected chi connectivity index (χ4v) is 2.46. The zero-order valence-corrected chi connectivity index (χ0v) is 14.1. The van der Waals surface area contributed by atoms with Crippen molar-refractivity contribution in [1.29, 1.82) is 0 Å². The van der Waals surface area contributed by atoms with Crippen molar-refractivity contribution in [2.75, 3.05) is 6.26 Å². The molecule has 0 atom stereocenters. The summed E-state index contributed by atoms with van der Waals surface area (Å²) in [5.41, 5.74) is 1.30. The van der Waals surface area contributed by atoms with Crippen LogP contribution < -0.4 is 0 Å². The minimum absolute atomic E-state index is 0. The van der Waals surface area contributed by atoms with Crippen molar-refractivity contribution in [3.8, 4) is 0 Å². The van der Waals surface area contributed by atoms with Crippen LogP contribution in [0.3, 0.4) is 0 Å². The highest BCUT2D eigenvalue weighted by atomic mass is 35.5. The summed E-state index contributed by atoms with van der Waals surface area (Å²) in [7, 11) is -3.25. The summed E-state index contributed by atoms with van der Waals surface area (Å²) in [6.45, 7) is 0. The topological polar surface area (TPSA) is 51.2 Å². The van der Waals surface area contributed by atoms with Crippen LogP contribution in [0, 0.1) is 0 Å². The summed E-state index contributed by atoms with van der Waals surface area (Å²) >= 11 is 5.78. The van der Waals surface area contributed by atoms with Gasteiger partial charge in [0.2, 0.25) is 0 Å². The number of ketones is 1. The van der Waals surface area contributed by atoms with E-state index in [-0.39, 0.29) is 23.1 Å². The summed E-state index contributed by atoms with van der Waals surface area (Å²) in [6, 6.07) is 13.0. The lowest BCUT2D eigenvalue weighted by Gasteiger charge is -2.00. The van der Waals surface area contributed by atoms with Crippen LogP contribution in [0.15, 0.2) is 59.5 Å². The number of sulfone groups is 1. The van der Waals surface area contributed by atoms with Gasteiger partial charge in [-0.2, -0.15) is 0 Å². The highest BCUT2D eigenvalue weighted by Gasteiger charge is 2.08. The number of carbonyl (C=O) groups is 1. The molecule has 0 N–H and O–H groups in total. The van der Waals surface area contributed by atoms with Gasteiger partial charge in [0.05, 0.1) is 4.90 Å². The normalized spacial score (nSPS) is 11.2. The zero-order valence-electron chi connectivity index (χ0n) is 11.7. The molecule has 0 fully saturated rings. The zero-order chi connectivity index (χ0) is 15.5. The summed E-state index contributed by atoms with van der Waals surface area (Å²) < 4.78 is 22.7. The number of benzene rings is 2. The quantitative estimate of drug-likeness (QED) is 0.612. The van der Waals surface area contributed by atoms with Gasteiger partial charge in [0, 0.05) is 16.8 Å². The van der Waals surface area contributed by atoms with Gasteiger partial charge in [0.1, 0.15) is 0 Å². The Hall–Kier alpha value is -1.62. The summed E-state index contributed by atoms with van der Waals surface area (Å²) in [5, 5.41) is 0.634. The molecule has 0 aromatic heterocycles. The van der Waals surface area contributed by atoms with Crippen LogP contribution in [0.25, 0.3) is 6.08 Å². The van der Waals surface area contributed by atoms with Crippen molar-refractivity contribution in [1.82, 2.24) is 0 Å². The lowest BCUT2D eigenvalue weighted by Crippen LogP contribution is -1.99. The average Bonchev–Trinajstić information content (AvgIpc) is 2.45. The van der Waals surface area contributed by atoms with Crippen LogP contribution in [-0.2, 0) is 9.84 Å². The molecule has 2 aromatic rings. The summed E-state index contributed by atoms with van der Waals surface area (Å²) in [4.78, 5) is 12.2. The van der Waals surface area contributed by atoms with Crippen molar-refractivity contribution < 1.29 is 13.2 Å². The van der Waals surface area contributed by atoms with E-state index in [0.717, 1.165) is 11.8 Å². The highest BCUT2D eigenvalue weighted by Crippen LogP contribution is 2.13. The maximum Gasteiger partial charge on any atom is 0.185 e. The van der Waals surface area contributed by atoms with Crippen LogP contribution in [0.1, 0.15) is 15.9 Å². The molecule has 0 bridgehead atoms. The van der Waals surface area contributed by atoms with E-state index in [4.69, 9.17) is 11.6 Å². The lowest BCUT2D eigenvalue weighted by molar-refractivity contribution is 0.104. The third kappa shape index (κ3) is 4.98. The fourth-order valence-electron chi connectivity index (χ4n) is 1.71. The van der Waals surface area contributed by atoms with Crippen LogP contribution in [0.5, 0.6) is 0 Å². The average molecular weight is 357 g/mol. The molecule has 0 unspecified atom stereocenters. The van der Waals surface area contributed by atoms with Crippen LogP contribution in [0.2, 0.25) is 5.02 Å². The molecule has 0 aliphatic carbocycles. The van der Waals surface area contributed by atoms with Crippen molar-refractivity contribution in [2.24, 2.45) is 0 Å². The molecular formula is C16H14Cl2O3S. The first-order chi connectivity index (χ1) is 9.86. The monoisotopic (exact) mass is 356 g/mol. The van der Waals surface area contributed by atoms with Gasteiger partial charge in [-0.3, -0.25) is 4.79 Å². The Morgan fingerprint density at radius 1 is 1.00 bits per heavy atom. The first-order valence-corrected chi connectivity index (χ1v) is 8.41. The van der Waals surface area contributed by atoms with Crippen LogP contribution in [-0.4, -0.2) is 20.5 Å². The Morgan fingerprint density at radius 2 is 1.55 bits per heavy atom. The van der Waals surface area contributed by atoms with Gasteiger partial charge in [-0.25, -0.2) is 8.42 Å². The number of hydrogen-bond acceptors (Lipinski definition) is 3. The Bertz CT molecular complexity index is 777. The number of hydrogen-bond donors (Lipinski definition) is 0. The van der Waals surface area contributed by atoms with Gasteiger partial charge in [-0.05, 0) is 48.0 Å². The first-order valence-electron chi connectivity index (χ1n) is 6.14. The van der Waals surface area contributed by atoms with E-state index in [9.17, 15) is 13.2 Å². The number of carbonyl (C=O) groups excluding carboxylic acids is 1. The first kappa shape index (κ1) is 18.4. The minimum Gasteiger partial charge on any atom is -0.289 e. The largest absolute Gasteiger partial charge is 0.289 e. The molecule has 2 rings (SSSR count). The molecule has 0 radical (unpaired) electrons. The Morgan fingerprint density at radius 3 is 2.05 bits per heavy atom. The smallest absolute Gasteiger partial charge is 0.185 e. The molecule has 0 amide bonds. The Kier molecular flexibility index (Phi) is 6.35. The second-order valence-electron chi connectivity index (χ2n) is 4.55. The molecule has 0 saturated heterocycles. The molecule has 0 heterocycles. The summed E-state index contributed by atoms with van der Waals surface area (Å²) in [5.74, 6) is -0.190. The number of rotatable bonds is 4. The van der Waals surface area contributed by atoms with Gasteiger partial charge in [0.25, 0.3) is 0 Å². The predicted octanol–water partition coefficient (Wildman–Crippen LogP) is 4.06.